The second-order valence-corrected chi connectivity index (χ2v) is 15.2. The topological polar surface area (TPSA) is 131 Å². The van der Waals surface area contributed by atoms with Crippen LogP contribution in [-0.2, 0) is 34.1 Å². The van der Waals surface area contributed by atoms with Crippen molar-refractivity contribution in [3.63, 3.8) is 0 Å². The van der Waals surface area contributed by atoms with E-state index in [2.05, 4.69) is 9.71 Å². The van der Waals surface area contributed by atoms with Crippen LogP contribution in [0.5, 0.6) is 5.75 Å². The number of carbonyl (C=O) groups is 1. The number of hydrogen-bond donors (Lipinski definition) is 3. The van der Waals surface area contributed by atoms with Crippen LogP contribution in [0.2, 0.25) is 0 Å². The lowest BCUT2D eigenvalue weighted by molar-refractivity contribution is -0.141. The van der Waals surface area contributed by atoms with Crippen LogP contribution in [-0.4, -0.2) is 43.0 Å². The number of nitrogens with zero attached hydrogens (tertiary/aromatic N) is 1. The molecule has 1 aliphatic heterocycles. The summed E-state index contributed by atoms with van der Waals surface area (Å²) in [7, 11) is -4.05. The Labute approximate surface area is 269 Å². The fraction of sp³-hybridized carbons (Fsp3) is 0.611. The standard InChI is InChI=1S/C24H28N2O5S.C12H23N/c1-15-17-12-13-24(2,14-20(27)28)31-21(17)18-10-6-7-11-19(18)22(15)32(29,30)26-23(25)16-8-4-3-5-9-16;1-3-7-11(8-4-1)13-12-9-5-2-6-10-12/h3-5,8-9H,6-7,10-14H2,1-2H3,(H2,25,26)(H,27,28);11-13H,1-10H2. The summed E-state index contributed by atoms with van der Waals surface area (Å²) in [6.45, 7) is 3.60. The predicted octanol–water partition coefficient (Wildman–Crippen LogP) is 6.77. The largest absolute Gasteiger partial charge is 0.486 e. The van der Waals surface area contributed by atoms with E-state index in [1.54, 1.807) is 31.2 Å². The molecule has 0 amide bonds. The van der Waals surface area contributed by atoms with E-state index in [0.717, 1.165) is 41.6 Å². The van der Waals surface area contributed by atoms with Crippen molar-refractivity contribution in [2.45, 2.75) is 146 Å². The summed E-state index contributed by atoms with van der Waals surface area (Å²) in [6.07, 6.45) is 18.6. The summed E-state index contributed by atoms with van der Waals surface area (Å²) in [5.74, 6) is -0.282. The Morgan fingerprint density at radius 3 is 2.07 bits per heavy atom. The first kappa shape index (κ1) is 33.5. The highest BCUT2D eigenvalue weighted by molar-refractivity contribution is 7.90. The lowest BCUT2D eigenvalue weighted by atomic mass is 9.82. The molecule has 0 bridgehead atoms. The van der Waals surface area contributed by atoms with Gasteiger partial charge in [-0.05, 0) is 100 Å². The molecule has 4 aliphatic rings. The summed E-state index contributed by atoms with van der Waals surface area (Å²) in [5, 5.41) is 13.2. The number of hydrogen-bond acceptors (Lipinski definition) is 5. The molecule has 1 atom stereocenters. The molecule has 0 aromatic heterocycles. The third kappa shape index (κ3) is 8.28. The smallest absolute Gasteiger partial charge is 0.307 e. The van der Waals surface area contributed by atoms with Crippen molar-refractivity contribution in [2.24, 2.45) is 10.1 Å². The van der Waals surface area contributed by atoms with E-state index in [1.165, 1.54) is 64.2 Å². The number of sulfonamides is 1. The van der Waals surface area contributed by atoms with Crippen LogP contribution in [0.25, 0.3) is 0 Å². The number of nitrogens with one attached hydrogen (secondary N) is 1. The summed E-state index contributed by atoms with van der Waals surface area (Å²) < 4.78 is 37.2. The Kier molecular flexibility index (Phi) is 10.9. The Morgan fingerprint density at radius 1 is 0.911 bits per heavy atom. The molecule has 4 N–H and O–H groups in total. The second kappa shape index (κ2) is 14.7. The average Bonchev–Trinajstić information content (AvgIpc) is 3.02. The van der Waals surface area contributed by atoms with Crippen LogP contribution in [0.4, 0.5) is 0 Å². The van der Waals surface area contributed by atoms with Gasteiger partial charge in [0.2, 0.25) is 0 Å². The molecule has 2 aromatic rings. The van der Waals surface area contributed by atoms with Gasteiger partial charge in [0.25, 0.3) is 10.0 Å². The van der Waals surface area contributed by atoms with E-state index in [1.807, 2.05) is 13.0 Å². The number of ether oxygens (including phenoxy) is 1. The van der Waals surface area contributed by atoms with Gasteiger partial charge in [0, 0.05) is 17.6 Å². The van der Waals surface area contributed by atoms with Gasteiger partial charge in [0.1, 0.15) is 17.2 Å². The highest BCUT2D eigenvalue weighted by atomic mass is 32.2. The molecule has 0 saturated heterocycles. The Balaban J connectivity index is 0.000000256. The molecule has 2 aromatic carbocycles. The van der Waals surface area contributed by atoms with E-state index in [9.17, 15) is 18.3 Å². The molecule has 246 valence electrons. The molecule has 0 spiro atoms. The molecule has 8 nitrogen and oxygen atoms in total. The van der Waals surface area contributed by atoms with E-state index < -0.39 is 21.6 Å². The maximum absolute atomic E-state index is 13.5. The van der Waals surface area contributed by atoms with Crippen LogP contribution < -0.4 is 15.8 Å². The molecule has 45 heavy (non-hydrogen) atoms. The summed E-state index contributed by atoms with van der Waals surface area (Å²) >= 11 is 0. The molecule has 1 heterocycles. The number of rotatable bonds is 7. The molecule has 9 heteroatoms. The minimum atomic E-state index is -4.05. The minimum absolute atomic E-state index is 0.0439. The first-order valence-electron chi connectivity index (χ1n) is 17.1. The second-order valence-electron chi connectivity index (χ2n) is 13.7. The highest BCUT2D eigenvalue weighted by Crippen LogP contribution is 2.46. The number of amidine groups is 1. The van der Waals surface area contributed by atoms with Gasteiger partial charge in [-0.25, -0.2) is 0 Å². The van der Waals surface area contributed by atoms with Crippen LogP contribution in [0.15, 0.2) is 39.6 Å². The number of nitrogens with two attached hydrogens (primary N) is 1. The minimum Gasteiger partial charge on any atom is -0.486 e. The van der Waals surface area contributed by atoms with Gasteiger partial charge in [0.15, 0.2) is 0 Å². The Morgan fingerprint density at radius 2 is 1.49 bits per heavy atom. The molecular weight excluding hydrogens is 586 g/mol. The first-order chi connectivity index (χ1) is 21.6. The predicted molar refractivity (Wildman–Crippen MR) is 179 cm³/mol. The van der Waals surface area contributed by atoms with Crippen LogP contribution in [0, 0.1) is 6.92 Å². The third-order valence-electron chi connectivity index (χ3n) is 10.1. The van der Waals surface area contributed by atoms with Crippen LogP contribution >= 0.6 is 0 Å². The van der Waals surface area contributed by atoms with Gasteiger partial charge < -0.3 is 20.9 Å². The fourth-order valence-electron chi connectivity index (χ4n) is 7.74. The van der Waals surface area contributed by atoms with Crippen LogP contribution in [0.1, 0.15) is 125 Å². The van der Waals surface area contributed by atoms with Crippen molar-refractivity contribution in [3.05, 3.63) is 58.1 Å². The quantitative estimate of drug-likeness (QED) is 0.226. The fourth-order valence-corrected chi connectivity index (χ4v) is 9.24. The maximum atomic E-state index is 13.5. The zero-order valence-corrected chi connectivity index (χ0v) is 27.9. The normalized spacial score (nSPS) is 22.8. The van der Waals surface area contributed by atoms with Crippen molar-refractivity contribution in [2.75, 3.05) is 0 Å². The van der Waals surface area contributed by atoms with Crippen molar-refractivity contribution in [1.29, 1.82) is 0 Å². The van der Waals surface area contributed by atoms with E-state index >= 15 is 0 Å². The number of benzene rings is 2. The zero-order valence-electron chi connectivity index (χ0n) is 27.1. The van der Waals surface area contributed by atoms with E-state index in [0.29, 0.717) is 42.6 Å². The molecule has 1 unspecified atom stereocenters. The number of fused-ring (bicyclic) bond motifs is 3. The maximum Gasteiger partial charge on any atom is 0.307 e. The van der Waals surface area contributed by atoms with Crippen molar-refractivity contribution >= 4 is 21.8 Å². The van der Waals surface area contributed by atoms with Crippen molar-refractivity contribution in [3.8, 4) is 5.75 Å². The van der Waals surface area contributed by atoms with Crippen molar-refractivity contribution in [1.82, 2.24) is 5.32 Å². The summed E-state index contributed by atoms with van der Waals surface area (Å²) in [6, 6.07) is 10.6. The number of carboxylic acids is 1. The third-order valence-corrected chi connectivity index (χ3v) is 11.6. The van der Waals surface area contributed by atoms with E-state index in [-0.39, 0.29) is 17.2 Å². The summed E-state index contributed by atoms with van der Waals surface area (Å²) in [4.78, 5) is 11.6. The van der Waals surface area contributed by atoms with Crippen LogP contribution in [0.3, 0.4) is 0 Å². The number of carboxylic acid groups (broad SMARTS) is 1. The van der Waals surface area contributed by atoms with Gasteiger partial charge in [-0.1, -0.05) is 68.9 Å². The zero-order chi connectivity index (χ0) is 32.0. The van der Waals surface area contributed by atoms with Gasteiger partial charge in [0.05, 0.1) is 11.3 Å². The molecular formula is C36H51N3O5S. The lowest BCUT2D eigenvalue weighted by Crippen LogP contribution is -2.40. The highest BCUT2D eigenvalue weighted by Gasteiger charge is 2.39. The lowest BCUT2D eigenvalue weighted by Gasteiger charge is -2.38. The van der Waals surface area contributed by atoms with Gasteiger partial charge in [-0.3, -0.25) is 4.79 Å². The number of aliphatic carboxylic acids is 1. The molecule has 2 fully saturated rings. The first-order valence-corrected chi connectivity index (χ1v) is 18.5. The SMILES string of the molecule is C1CCC(NC2CCCCC2)CC1.Cc1c2c(c3c(c1S(=O)(=O)/N=C(/N)c1ccccc1)CCCC3)OC(C)(CC(=O)O)CC2. The van der Waals surface area contributed by atoms with Gasteiger partial charge in [-0.15, -0.1) is 4.40 Å². The molecule has 2 saturated carbocycles. The summed E-state index contributed by atoms with van der Waals surface area (Å²) in [5.41, 5.74) is 8.86. The monoisotopic (exact) mass is 637 g/mol. The Hall–Kier alpha value is -2.91. The average molecular weight is 638 g/mol. The molecule has 0 radical (unpaired) electrons. The van der Waals surface area contributed by atoms with Gasteiger partial charge in [-0.2, -0.15) is 8.42 Å². The van der Waals surface area contributed by atoms with Gasteiger partial charge >= 0.3 is 5.97 Å². The Bertz CT molecular complexity index is 1460. The van der Waals surface area contributed by atoms with Crippen molar-refractivity contribution < 1.29 is 23.1 Å². The van der Waals surface area contributed by atoms with E-state index in [4.69, 9.17) is 10.5 Å². The molecule has 3 aliphatic carbocycles. The molecule has 6 rings (SSSR count).